The fourth-order valence-electron chi connectivity index (χ4n) is 1.73. The van der Waals surface area contributed by atoms with Crippen LogP contribution in [0.3, 0.4) is 0 Å². The number of ether oxygens (including phenoxy) is 2. The van der Waals surface area contributed by atoms with Crippen molar-refractivity contribution in [2.75, 3.05) is 33.5 Å². The van der Waals surface area contributed by atoms with Gasteiger partial charge >= 0.3 is 0 Å². The zero-order valence-corrected chi connectivity index (χ0v) is 12.8. The van der Waals surface area contributed by atoms with E-state index in [2.05, 4.69) is 31.3 Å². The van der Waals surface area contributed by atoms with Gasteiger partial charge in [-0.2, -0.15) is 0 Å². The van der Waals surface area contributed by atoms with Crippen molar-refractivity contribution in [1.29, 1.82) is 0 Å². The Morgan fingerprint density at radius 2 is 2.16 bits per heavy atom. The second-order valence-electron chi connectivity index (χ2n) is 4.75. The SMILES string of the molecule is COCCOCC(O)CNC(C)Cc1ccc(C)s1. The van der Waals surface area contributed by atoms with E-state index in [0.29, 0.717) is 32.4 Å². The van der Waals surface area contributed by atoms with Crippen LogP contribution in [-0.4, -0.2) is 50.7 Å². The van der Waals surface area contributed by atoms with E-state index in [4.69, 9.17) is 9.47 Å². The zero-order valence-electron chi connectivity index (χ0n) is 12.0. The van der Waals surface area contributed by atoms with E-state index in [-0.39, 0.29) is 0 Å². The minimum atomic E-state index is -0.468. The molecule has 0 saturated carbocycles. The lowest BCUT2D eigenvalue weighted by atomic mass is 10.2. The molecule has 0 amide bonds. The maximum absolute atomic E-state index is 9.74. The number of hydrogen-bond acceptors (Lipinski definition) is 5. The molecule has 0 bridgehead atoms. The van der Waals surface area contributed by atoms with Crippen molar-refractivity contribution in [2.24, 2.45) is 0 Å². The second-order valence-corrected chi connectivity index (χ2v) is 6.12. The van der Waals surface area contributed by atoms with Crippen molar-refractivity contribution < 1.29 is 14.6 Å². The van der Waals surface area contributed by atoms with Crippen LogP contribution < -0.4 is 5.32 Å². The number of nitrogens with one attached hydrogen (secondary N) is 1. The Bertz CT molecular complexity index is 343. The maximum Gasteiger partial charge on any atom is 0.0897 e. The normalized spacial score (nSPS) is 14.5. The number of aryl methyl sites for hydroxylation is 1. The molecule has 0 spiro atoms. The molecule has 0 aliphatic rings. The van der Waals surface area contributed by atoms with Crippen LogP contribution in [0.4, 0.5) is 0 Å². The summed E-state index contributed by atoms with van der Waals surface area (Å²) >= 11 is 1.83. The van der Waals surface area contributed by atoms with E-state index in [1.807, 2.05) is 11.3 Å². The van der Waals surface area contributed by atoms with Gasteiger partial charge < -0.3 is 19.9 Å². The van der Waals surface area contributed by atoms with E-state index in [0.717, 1.165) is 6.42 Å². The van der Waals surface area contributed by atoms with Crippen LogP contribution in [0.5, 0.6) is 0 Å². The molecule has 0 fully saturated rings. The lowest BCUT2D eigenvalue weighted by Gasteiger charge is -2.16. The third-order valence-electron chi connectivity index (χ3n) is 2.75. The molecular weight excluding hydrogens is 262 g/mol. The summed E-state index contributed by atoms with van der Waals surface area (Å²) in [6, 6.07) is 4.67. The Morgan fingerprint density at radius 3 is 2.79 bits per heavy atom. The van der Waals surface area contributed by atoms with Crippen molar-refractivity contribution in [3.63, 3.8) is 0 Å². The molecule has 2 atom stereocenters. The first-order valence-electron chi connectivity index (χ1n) is 6.65. The van der Waals surface area contributed by atoms with E-state index < -0.39 is 6.10 Å². The molecule has 0 aliphatic heterocycles. The molecule has 1 heterocycles. The summed E-state index contributed by atoms with van der Waals surface area (Å²) in [4.78, 5) is 2.72. The topological polar surface area (TPSA) is 50.7 Å². The fourth-order valence-corrected chi connectivity index (χ4v) is 2.75. The molecule has 1 aromatic rings. The summed E-state index contributed by atoms with van der Waals surface area (Å²) in [5.41, 5.74) is 0. The monoisotopic (exact) mass is 287 g/mol. The highest BCUT2D eigenvalue weighted by Crippen LogP contribution is 2.16. The summed E-state index contributed by atoms with van der Waals surface area (Å²) in [6.07, 6.45) is 0.528. The number of aliphatic hydroxyl groups excluding tert-OH is 1. The quantitative estimate of drug-likeness (QED) is 0.642. The highest BCUT2D eigenvalue weighted by atomic mass is 32.1. The number of methoxy groups -OCH3 is 1. The summed E-state index contributed by atoms with van der Waals surface area (Å²) in [5.74, 6) is 0. The van der Waals surface area contributed by atoms with Crippen molar-refractivity contribution in [2.45, 2.75) is 32.4 Å². The average molecular weight is 287 g/mol. The number of thiophene rings is 1. The van der Waals surface area contributed by atoms with Gasteiger partial charge in [-0.25, -0.2) is 0 Å². The predicted molar refractivity (Wildman–Crippen MR) is 78.9 cm³/mol. The smallest absolute Gasteiger partial charge is 0.0897 e. The number of aliphatic hydroxyl groups is 1. The van der Waals surface area contributed by atoms with Crippen LogP contribution in [0.2, 0.25) is 0 Å². The zero-order chi connectivity index (χ0) is 14.1. The van der Waals surface area contributed by atoms with E-state index >= 15 is 0 Å². The van der Waals surface area contributed by atoms with Gasteiger partial charge in [0.15, 0.2) is 0 Å². The van der Waals surface area contributed by atoms with Crippen molar-refractivity contribution in [3.05, 3.63) is 21.9 Å². The molecule has 5 heteroatoms. The summed E-state index contributed by atoms with van der Waals surface area (Å²) < 4.78 is 10.1. The molecule has 0 saturated heterocycles. The molecule has 1 rings (SSSR count). The Kier molecular flexibility index (Phi) is 8.25. The molecule has 0 aliphatic carbocycles. The molecule has 2 N–H and O–H groups in total. The van der Waals surface area contributed by atoms with Crippen molar-refractivity contribution >= 4 is 11.3 Å². The van der Waals surface area contributed by atoms with Crippen LogP contribution in [0, 0.1) is 6.92 Å². The average Bonchev–Trinajstić information content (AvgIpc) is 2.77. The van der Waals surface area contributed by atoms with Crippen LogP contribution in [0.25, 0.3) is 0 Å². The first-order valence-corrected chi connectivity index (χ1v) is 7.47. The predicted octanol–water partition coefficient (Wildman–Crippen LogP) is 1.60. The van der Waals surface area contributed by atoms with Gasteiger partial charge in [-0.3, -0.25) is 0 Å². The number of hydrogen-bond donors (Lipinski definition) is 2. The molecule has 0 radical (unpaired) electrons. The van der Waals surface area contributed by atoms with Gasteiger partial charge in [0.2, 0.25) is 0 Å². The maximum atomic E-state index is 9.74. The van der Waals surface area contributed by atoms with Crippen LogP contribution >= 0.6 is 11.3 Å². The van der Waals surface area contributed by atoms with Gasteiger partial charge in [0.25, 0.3) is 0 Å². The van der Waals surface area contributed by atoms with E-state index in [9.17, 15) is 5.11 Å². The highest BCUT2D eigenvalue weighted by Gasteiger charge is 2.08. The molecule has 19 heavy (non-hydrogen) atoms. The third-order valence-corrected chi connectivity index (χ3v) is 3.77. The lowest BCUT2D eigenvalue weighted by molar-refractivity contribution is 0.0131. The van der Waals surface area contributed by atoms with Gasteiger partial charge in [0.05, 0.1) is 25.9 Å². The molecular formula is C14H25NO3S. The lowest BCUT2D eigenvalue weighted by Crippen LogP contribution is -2.37. The molecule has 1 aromatic heterocycles. The molecule has 2 unspecified atom stereocenters. The summed E-state index contributed by atoms with van der Waals surface area (Å²) in [5, 5.41) is 13.1. The van der Waals surface area contributed by atoms with E-state index in [1.54, 1.807) is 7.11 Å². The molecule has 110 valence electrons. The Balaban J connectivity index is 2.10. The van der Waals surface area contributed by atoms with Gasteiger partial charge in [0.1, 0.15) is 0 Å². The Labute approximate surface area is 119 Å². The van der Waals surface area contributed by atoms with Crippen LogP contribution in [0.15, 0.2) is 12.1 Å². The van der Waals surface area contributed by atoms with Gasteiger partial charge in [-0.05, 0) is 32.4 Å². The first-order chi connectivity index (χ1) is 9.11. The first kappa shape index (κ1) is 16.6. The van der Waals surface area contributed by atoms with Gasteiger partial charge in [-0.1, -0.05) is 0 Å². The van der Waals surface area contributed by atoms with Crippen LogP contribution in [0.1, 0.15) is 16.7 Å². The number of rotatable bonds is 10. The summed E-state index contributed by atoms with van der Waals surface area (Å²) in [7, 11) is 1.63. The van der Waals surface area contributed by atoms with Crippen molar-refractivity contribution in [3.8, 4) is 0 Å². The fraction of sp³-hybridized carbons (Fsp3) is 0.714. The second kappa shape index (κ2) is 9.44. The van der Waals surface area contributed by atoms with Crippen LogP contribution in [-0.2, 0) is 15.9 Å². The largest absolute Gasteiger partial charge is 0.389 e. The standard InChI is InChI=1S/C14H25NO3S/c1-11(8-14-5-4-12(2)19-14)15-9-13(16)10-18-7-6-17-3/h4-5,11,13,15-16H,6-10H2,1-3H3. The van der Waals surface area contributed by atoms with Crippen molar-refractivity contribution in [1.82, 2.24) is 5.32 Å². The van der Waals surface area contributed by atoms with Gasteiger partial charge in [-0.15, -0.1) is 11.3 Å². The highest BCUT2D eigenvalue weighted by molar-refractivity contribution is 7.11. The third kappa shape index (κ3) is 7.64. The molecule has 4 nitrogen and oxygen atoms in total. The van der Waals surface area contributed by atoms with Gasteiger partial charge in [0, 0.05) is 29.5 Å². The minimum absolute atomic E-state index is 0.348. The summed E-state index contributed by atoms with van der Waals surface area (Å²) in [6.45, 7) is 6.24. The Hall–Kier alpha value is -0.460. The molecule has 0 aromatic carbocycles. The van der Waals surface area contributed by atoms with E-state index in [1.165, 1.54) is 9.75 Å². The minimum Gasteiger partial charge on any atom is -0.389 e. The Morgan fingerprint density at radius 1 is 1.37 bits per heavy atom.